The molecule has 0 unspecified atom stereocenters. The Hall–Kier alpha value is -3.25. The van der Waals surface area contributed by atoms with Crippen molar-refractivity contribution in [3.05, 3.63) is 243 Å². The molecule has 8 aromatic rings. The first-order valence-electron chi connectivity index (χ1n) is 19.2. The number of rotatable bonds is 8. The molecule has 0 aromatic heterocycles. The van der Waals surface area contributed by atoms with Crippen molar-refractivity contribution in [2.45, 2.75) is 0 Å². The van der Waals surface area contributed by atoms with E-state index in [2.05, 4.69) is 269 Å². The van der Waals surface area contributed by atoms with Crippen LogP contribution in [0.2, 0.25) is 0 Å². The van der Waals surface area contributed by atoms with Crippen LogP contribution < -0.4 is 42.4 Å². The van der Waals surface area contributed by atoms with Crippen molar-refractivity contribution in [2.75, 3.05) is 26.7 Å². The summed E-state index contributed by atoms with van der Waals surface area (Å²) in [7, 11) is 9.18. The van der Waals surface area contributed by atoms with Crippen molar-refractivity contribution < 1.29 is 16.5 Å². The van der Waals surface area contributed by atoms with Gasteiger partial charge in [-0.2, -0.15) is 0 Å². The molecular weight excluding hydrogens is 1000 g/mol. The van der Waals surface area contributed by atoms with Gasteiger partial charge >= 0.3 is 35.3 Å². The van der Waals surface area contributed by atoms with Crippen LogP contribution in [0.3, 0.4) is 0 Å². The summed E-state index contributed by atoms with van der Waals surface area (Å²) in [6.07, 6.45) is 0. The number of halogens is 2. The first-order valence-corrected chi connectivity index (χ1v) is 33.6. The van der Waals surface area contributed by atoms with Crippen LogP contribution in [-0.4, -0.2) is 26.7 Å². The Morgan fingerprint density at radius 1 is 0.220 bits per heavy atom. The zero-order valence-electron chi connectivity index (χ0n) is 34.0. The summed E-state index contributed by atoms with van der Waals surface area (Å²) < 4.78 is 0. The summed E-state index contributed by atoms with van der Waals surface area (Å²) in [5.41, 5.74) is 0. The maximum absolute atomic E-state index is 4.93. The van der Waals surface area contributed by atoms with Crippen molar-refractivity contribution in [1.82, 2.24) is 0 Å². The van der Waals surface area contributed by atoms with E-state index < -0.39 is 16.5 Å². The summed E-state index contributed by atoms with van der Waals surface area (Å²) in [6.45, 7) is 9.22. The van der Waals surface area contributed by atoms with Crippen LogP contribution >= 0.6 is 50.5 Å². The summed E-state index contributed by atoms with van der Waals surface area (Å²) in [4.78, 5) is 0. The fraction of sp³-hybridized carbons (Fsp3) is 0.0769. The SMILES string of the molecule is CP(c1ccccc1)c1ccccc1.CP(c1ccccc1)c1ccccc1.CP(c1ccccc1)c1ccccc1.CP(c1ccccc1)c1ccccc1.[Cl][W][Cl]. The molecule has 0 atom stereocenters. The van der Waals surface area contributed by atoms with Gasteiger partial charge in [-0.3, -0.25) is 0 Å². The summed E-state index contributed by atoms with van der Waals surface area (Å²) >= 11 is -0.806. The van der Waals surface area contributed by atoms with Crippen LogP contribution in [0, 0.1) is 0 Å². The molecule has 0 nitrogen and oxygen atoms in total. The molecule has 8 rings (SSSR count). The zero-order chi connectivity index (χ0) is 41.9. The second-order valence-corrected chi connectivity index (χ2v) is 25.8. The molecule has 0 radical (unpaired) electrons. The van der Waals surface area contributed by atoms with E-state index in [1.807, 2.05) is 0 Å². The average Bonchev–Trinajstić information content (AvgIpc) is 3.33. The molecule has 8 aromatic carbocycles. The predicted molar refractivity (Wildman–Crippen MR) is 272 cm³/mol. The quantitative estimate of drug-likeness (QED) is 0.133. The molecule has 0 aliphatic rings. The van der Waals surface area contributed by atoms with E-state index >= 15 is 0 Å². The van der Waals surface area contributed by atoms with Gasteiger partial charge in [0.2, 0.25) is 0 Å². The number of benzene rings is 8. The molecule has 0 saturated carbocycles. The molecule has 0 aliphatic carbocycles. The third kappa shape index (κ3) is 17.7. The minimum absolute atomic E-state index is 0.171. The third-order valence-electron chi connectivity index (χ3n) is 9.15. The second-order valence-electron chi connectivity index (χ2n) is 13.0. The first kappa shape index (κ1) is 48.4. The van der Waals surface area contributed by atoms with Gasteiger partial charge in [0.1, 0.15) is 0 Å². The van der Waals surface area contributed by atoms with Crippen LogP contribution in [-0.2, 0) is 16.5 Å². The van der Waals surface area contributed by atoms with Crippen LogP contribution in [0.15, 0.2) is 243 Å². The van der Waals surface area contributed by atoms with Gasteiger partial charge in [0.15, 0.2) is 0 Å². The van der Waals surface area contributed by atoms with Gasteiger partial charge in [0, 0.05) is 0 Å². The number of hydrogen-bond donors (Lipinski definition) is 0. The third-order valence-corrected chi connectivity index (χ3v) is 17.7. The Morgan fingerprint density at radius 3 is 0.390 bits per heavy atom. The molecule has 59 heavy (non-hydrogen) atoms. The molecule has 0 bridgehead atoms. The van der Waals surface area contributed by atoms with Gasteiger partial charge in [0.05, 0.1) is 0 Å². The maximum atomic E-state index is 4.93. The molecule has 0 spiro atoms. The van der Waals surface area contributed by atoms with Crippen molar-refractivity contribution in [3.8, 4) is 0 Å². The van der Waals surface area contributed by atoms with Gasteiger partial charge in [-0.05, 0) is 101 Å². The Labute approximate surface area is 375 Å². The van der Waals surface area contributed by atoms with E-state index in [4.69, 9.17) is 18.8 Å². The predicted octanol–water partition coefficient (Wildman–Crippen LogP) is 12.4. The van der Waals surface area contributed by atoms with Gasteiger partial charge in [0.25, 0.3) is 0 Å². The molecule has 0 heterocycles. The molecule has 300 valence electrons. The van der Waals surface area contributed by atoms with Gasteiger partial charge < -0.3 is 0 Å². The van der Waals surface area contributed by atoms with E-state index in [-0.39, 0.29) is 31.7 Å². The van der Waals surface area contributed by atoms with Crippen molar-refractivity contribution in [3.63, 3.8) is 0 Å². The number of hydrogen-bond acceptors (Lipinski definition) is 0. The normalized spacial score (nSPS) is 10.2. The summed E-state index contributed by atoms with van der Waals surface area (Å²) in [5.74, 6) is 0. The Morgan fingerprint density at radius 2 is 0.305 bits per heavy atom. The van der Waals surface area contributed by atoms with E-state index in [0.29, 0.717) is 0 Å². The zero-order valence-corrected chi connectivity index (χ0v) is 42.1. The topological polar surface area (TPSA) is 0 Å². The first-order chi connectivity index (χ1) is 28.9. The van der Waals surface area contributed by atoms with Crippen LogP contribution in [0.5, 0.6) is 0 Å². The minimum atomic E-state index is -0.806. The fourth-order valence-corrected chi connectivity index (χ4v) is 12.0. The molecule has 0 saturated heterocycles. The van der Waals surface area contributed by atoms with E-state index in [0.717, 1.165) is 0 Å². The van der Waals surface area contributed by atoms with Gasteiger partial charge in [-0.15, -0.1) is 0 Å². The molecule has 0 N–H and O–H groups in total. The van der Waals surface area contributed by atoms with Gasteiger partial charge in [-0.1, -0.05) is 243 Å². The van der Waals surface area contributed by atoms with Gasteiger partial charge in [-0.25, -0.2) is 0 Å². The molecule has 0 fully saturated rings. The standard InChI is InChI=1S/4C13H13P.2ClH.W/c4*1-14(12-8-4-2-5-9-12)13-10-6-3-7-11-13;;;/h4*2-11H,1H3;2*1H;/q;;;;;;+2/p-2. The van der Waals surface area contributed by atoms with Crippen molar-refractivity contribution in [1.29, 1.82) is 0 Å². The average molecular weight is 1060 g/mol. The van der Waals surface area contributed by atoms with Crippen LogP contribution in [0.1, 0.15) is 0 Å². The van der Waals surface area contributed by atoms with Crippen LogP contribution in [0.4, 0.5) is 0 Å². The van der Waals surface area contributed by atoms with Crippen LogP contribution in [0.25, 0.3) is 0 Å². The van der Waals surface area contributed by atoms with E-state index in [1.54, 1.807) is 0 Å². The summed E-state index contributed by atoms with van der Waals surface area (Å²) in [6, 6.07) is 85.6. The van der Waals surface area contributed by atoms with E-state index in [9.17, 15) is 0 Å². The van der Waals surface area contributed by atoms with Crippen molar-refractivity contribution in [2.24, 2.45) is 0 Å². The molecule has 0 amide bonds. The Kier molecular flexibility index (Phi) is 23.9. The monoisotopic (exact) mass is 1050 g/mol. The second kappa shape index (κ2) is 29.1. The fourth-order valence-electron chi connectivity index (χ4n) is 5.81. The Balaban J connectivity index is 0.000000170. The Bertz CT molecular complexity index is 1730. The summed E-state index contributed by atoms with van der Waals surface area (Å²) in [5, 5.41) is 11.5. The molecule has 7 heteroatoms. The molecular formula is C52H52Cl2P4W. The van der Waals surface area contributed by atoms with Crippen molar-refractivity contribution >= 4 is 93.0 Å². The molecule has 0 aliphatic heterocycles. The van der Waals surface area contributed by atoms with E-state index in [1.165, 1.54) is 42.4 Å².